The maximum absolute atomic E-state index is 11.8. The molecule has 1 saturated heterocycles. The first-order chi connectivity index (χ1) is 7.82. The highest BCUT2D eigenvalue weighted by molar-refractivity contribution is 7.91. The van der Waals surface area contributed by atoms with E-state index in [1.54, 1.807) is 11.9 Å². The quantitative estimate of drug-likeness (QED) is 0.750. The van der Waals surface area contributed by atoms with Crippen molar-refractivity contribution in [1.29, 1.82) is 0 Å². The fourth-order valence-electron chi connectivity index (χ4n) is 1.88. The highest BCUT2D eigenvalue weighted by Gasteiger charge is 2.32. The van der Waals surface area contributed by atoms with Crippen molar-refractivity contribution in [3.8, 4) is 0 Å². The van der Waals surface area contributed by atoms with E-state index >= 15 is 0 Å². The number of amides is 1. The molecule has 1 N–H and O–H groups in total. The minimum absolute atomic E-state index is 0.0345. The first kappa shape index (κ1) is 14.4. The Hall–Kier alpha value is -0.620. The van der Waals surface area contributed by atoms with E-state index in [1.807, 2.05) is 0 Å². The lowest BCUT2D eigenvalue weighted by molar-refractivity contribution is -0.130. The topological polar surface area (TPSA) is 66.5 Å². The van der Waals surface area contributed by atoms with Crippen LogP contribution in [0.5, 0.6) is 0 Å². The van der Waals surface area contributed by atoms with Crippen molar-refractivity contribution in [2.45, 2.75) is 26.3 Å². The third kappa shape index (κ3) is 4.63. The largest absolute Gasteiger partial charge is 0.341 e. The lowest BCUT2D eigenvalue weighted by atomic mass is 10.2. The predicted molar refractivity (Wildman–Crippen MR) is 67.5 cm³/mol. The summed E-state index contributed by atoms with van der Waals surface area (Å²) in [6, 6.07) is -0.145. The van der Waals surface area contributed by atoms with Gasteiger partial charge in [0.15, 0.2) is 9.84 Å². The van der Waals surface area contributed by atoms with Gasteiger partial charge < -0.3 is 10.2 Å². The summed E-state index contributed by atoms with van der Waals surface area (Å²) < 4.78 is 22.6. The van der Waals surface area contributed by atoms with Crippen LogP contribution >= 0.6 is 0 Å². The molecule has 6 heteroatoms. The molecule has 0 spiro atoms. The molecule has 1 rings (SSSR count). The number of rotatable bonds is 5. The van der Waals surface area contributed by atoms with Gasteiger partial charge in [-0.3, -0.25) is 4.79 Å². The van der Waals surface area contributed by atoms with Gasteiger partial charge in [-0.1, -0.05) is 13.8 Å². The Kier molecular flexibility index (Phi) is 4.94. The van der Waals surface area contributed by atoms with Gasteiger partial charge in [-0.05, 0) is 18.9 Å². The lowest BCUT2D eigenvalue weighted by Crippen LogP contribution is -2.43. The fraction of sp³-hybridized carbons (Fsp3) is 0.909. The summed E-state index contributed by atoms with van der Waals surface area (Å²) in [5, 5.41) is 3.07. The number of nitrogens with one attached hydrogen (secondary N) is 1. The standard InChI is InChI=1S/C11H22N2O3S/c1-9(2)6-12-7-11(14)13(3)10-4-5-17(15,16)8-10/h9-10,12H,4-8H2,1-3H3. The van der Waals surface area contributed by atoms with Gasteiger partial charge in [-0.25, -0.2) is 8.42 Å². The summed E-state index contributed by atoms with van der Waals surface area (Å²) in [4.78, 5) is 13.4. The zero-order chi connectivity index (χ0) is 13.1. The maximum atomic E-state index is 11.8. The lowest BCUT2D eigenvalue weighted by Gasteiger charge is -2.23. The van der Waals surface area contributed by atoms with Crippen LogP contribution in [0.4, 0.5) is 0 Å². The van der Waals surface area contributed by atoms with Gasteiger partial charge in [0.2, 0.25) is 5.91 Å². The van der Waals surface area contributed by atoms with Gasteiger partial charge in [0.1, 0.15) is 0 Å². The smallest absolute Gasteiger partial charge is 0.236 e. The molecule has 0 aromatic heterocycles. The predicted octanol–water partition coefficient (Wildman–Crippen LogP) is -0.122. The molecule has 1 aliphatic heterocycles. The molecule has 0 aromatic rings. The summed E-state index contributed by atoms with van der Waals surface area (Å²) in [7, 11) is -1.24. The highest BCUT2D eigenvalue weighted by atomic mass is 32.2. The molecule has 1 atom stereocenters. The van der Waals surface area contributed by atoms with Crippen LogP contribution in [0, 0.1) is 5.92 Å². The van der Waals surface area contributed by atoms with Gasteiger partial charge in [-0.2, -0.15) is 0 Å². The molecule has 1 heterocycles. The monoisotopic (exact) mass is 262 g/mol. The van der Waals surface area contributed by atoms with Crippen molar-refractivity contribution >= 4 is 15.7 Å². The van der Waals surface area contributed by atoms with E-state index in [0.29, 0.717) is 12.3 Å². The molecule has 0 bridgehead atoms. The number of hydrogen-bond acceptors (Lipinski definition) is 4. The Bertz CT molecular complexity index is 365. The molecule has 5 nitrogen and oxygen atoms in total. The van der Waals surface area contributed by atoms with Crippen LogP contribution in [0.1, 0.15) is 20.3 Å². The minimum Gasteiger partial charge on any atom is -0.341 e. The minimum atomic E-state index is -2.92. The number of likely N-dealkylation sites (N-methyl/N-ethyl adjacent to an activating group) is 1. The van der Waals surface area contributed by atoms with Gasteiger partial charge in [0, 0.05) is 13.1 Å². The maximum Gasteiger partial charge on any atom is 0.236 e. The number of hydrogen-bond donors (Lipinski definition) is 1. The van der Waals surface area contributed by atoms with Crippen LogP contribution in [0.25, 0.3) is 0 Å². The van der Waals surface area contributed by atoms with Crippen LogP contribution < -0.4 is 5.32 Å². The summed E-state index contributed by atoms with van der Waals surface area (Å²) >= 11 is 0. The van der Waals surface area contributed by atoms with Crippen molar-refractivity contribution in [2.24, 2.45) is 5.92 Å². The van der Waals surface area contributed by atoms with Crippen molar-refractivity contribution < 1.29 is 13.2 Å². The third-order valence-corrected chi connectivity index (χ3v) is 4.73. The van der Waals surface area contributed by atoms with Crippen molar-refractivity contribution in [3.05, 3.63) is 0 Å². The molecule has 100 valence electrons. The first-order valence-corrected chi connectivity index (χ1v) is 7.81. The molecule has 0 saturated carbocycles. The summed E-state index contributed by atoms with van der Waals surface area (Å²) in [5.74, 6) is 0.779. The van der Waals surface area contributed by atoms with E-state index in [0.717, 1.165) is 6.54 Å². The summed E-state index contributed by atoms with van der Waals surface area (Å²) in [6.45, 7) is 5.23. The number of carbonyl (C=O) groups is 1. The molecule has 1 fully saturated rings. The second-order valence-corrected chi connectivity index (χ2v) is 7.31. The van der Waals surface area contributed by atoms with Crippen LogP contribution in [0.2, 0.25) is 0 Å². The zero-order valence-corrected chi connectivity index (χ0v) is 11.6. The molecule has 1 amide bonds. The summed E-state index contributed by atoms with van der Waals surface area (Å²) in [5.41, 5.74) is 0. The van der Waals surface area contributed by atoms with E-state index in [9.17, 15) is 13.2 Å². The van der Waals surface area contributed by atoms with Crippen LogP contribution in [0.3, 0.4) is 0 Å². The Morgan fingerprint density at radius 3 is 2.59 bits per heavy atom. The Morgan fingerprint density at radius 2 is 2.12 bits per heavy atom. The molecule has 17 heavy (non-hydrogen) atoms. The van der Waals surface area contributed by atoms with Crippen molar-refractivity contribution in [2.75, 3.05) is 31.6 Å². The van der Waals surface area contributed by atoms with E-state index in [2.05, 4.69) is 19.2 Å². The molecule has 0 radical (unpaired) electrons. The first-order valence-electron chi connectivity index (χ1n) is 5.98. The molecule has 0 aromatic carbocycles. The molecule has 1 unspecified atom stereocenters. The van der Waals surface area contributed by atoms with Crippen molar-refractivity contribution in [1.82, 2.24) is 10.2 Å². The zero-order valence-electron chi connectivity index (χ0n) is 10.8. The van der Waals surface area contributed by atoms with E-state index in [-0.39, 0.29) is 30.0 Å². The molecule has 1 aliphatic rings. The third-order valence-electron chi connectivity index (χ3n) is 2.98. The highest BCUT2D eigenvalue weighted by Crippen LogP contribution is 2.16. The van der Waals surface area contributed by atoms with Gasteiger partial charge >= 0.3 is 0 Å². The number of sulfone groups is 1. The van der Waals surface area contributed by atoms with Crippen LogP contribution in [-0.2, 0) is 14.6 Å². The van der Waals surface area contributed by atoms with E-state index < -0.39 is 9.84 Å². The van der Waals surface area contributed by atoms with Crippen LogP contribution in [0.15, 0.2) is 0 Å². The average Bonchev–Trinajstić information content (AvgIpc) is 2.57. The Morgan fingerprint density at radius 1 is 1.47 bits per heavy atom. The second-order valence-electron chi connectivity index (χ2n) is 5.09. The molecular weight excluding hydrogens is 240 g/mol. The second kappa shape index (κ2) is 5.82. The number of nitrogens with zero attached hydrogens (tertiary/aromatic N) is 1. The Labute approximate surface area is 103 Å². The molecular formula is C11H22N2O3S. The number of carbonyl (C=O) groups excluding carboxylic acids is 1. The van der Waals surface area contributed by atoms with Gasteiger partial charge in [0.25, 0.3) is 0 Å². The molecule has 0 aliphatic carbocycles. The van der Waals surface area contributed by atoms with Gasteiger partial charge in [0.05, 0.1) is 18.1 Å². The normalized spacial score (nSPS) is 22.9. The Balaban J connectivity index is 2.37. The van der Waals surface area contributed by atoms with Crippen molar-refractivity contribution in [3.63, 3.8) is 0 Å². The average molecular weight is 262 g/mol. The fourth-order valence-corrected chi connectivity index (χ4v) is 3.65. The van der Waals surface area contributed by atoms with Crippen LogP contribution in [-0.4, -0.2) is 56.9 Å². The van der Waals surface area contributed by atoms with Gasteiger partial charge in [-0.15, -0.1) is 0 Å². The van der Waals surface area contributed by atoms with E-state index in [4.69, 9.17) is 0 Å². The SMILES string of the molecule is CC(C)CNCC(=O)N(C)C1CCS(=O)(=O)C1. The summed E-state index contributed by atoms with van der Waals surface area (Å²) in [6.07, 6.45) is 0.564. The van der Waals surface area contributed by atoms with E-state index in [1.165, 1.54) is 0 Å².